The maximum atomic E-state index is 9.58. The Kier molecular flexibility index (Phi) is 4.85. The Bertz CT molecular complexity index is 317. The number of halogens is 1. The summed E-state index contributed by atoms with van der Waals surface area (Å²) in [5.41, 5.74) is 6.61. The Balaban J connectivity index is 2.53. The van der Waals surface area contributed by atoms with Crippen LogP contribution in [0.25, 0.3) is 0 Å². The molecule has 0 amide bonds. The molecule has 15 heavy (non-hydrogen) atoms. The number of pyridine rings is 1. The van der Waals surface area contributed by atoms with Crippen LogP contribution in [0.3, 0.4) is 0 Å². The summed E-state index contributed by atoms with van der Waals surface area (Å²) in [4.78, 5) is 3.97. The van der Waals surface area contributed by atoms with Gasteiger partial charge >= 0.3 is 0 Å². The summed E-state index contributed by atoms with van der Waals surface area (Å²) < 4.78 is 0. The molecule has 1 aromatic heterocycles. The van der Waals surface area contributed by atoms with E-state index in [-0.39, 0.29) is 6.10 Å². The topological polar surface area (TPSA) is 59.1 Å². The molecule has 0 fully saturated rings. The van der Waals surface area contributed by atoms with Crippen LogP contribution in [-0.4, -0.2) is 16.2 Å². The molecule has 84 valence electrons. The molecule has 0 radical (unpaired) electrons. The smallest absolute Gasteiger partial charge is 0.126 e. The molecule has 1 unspecified atom stereocenters. The molecular weight excluding hydrogens is 212 g/mol. The third-order valence-electron chi connectivity index (χ3n) is 2.34. The lowest BCUT2D eigenvalue weighted by Gasteiger charge is -2.10. The second-order valence-electron chi connectivity index (χ2n) is 3.68. The molecule has 0 aliphatic heterocycles. The van der Waals surface area contributed by atoms with Crippen LogP contribution in [-0.2, 0) is 6.42 Å². The quantitative estimate of drug-likeness (QED) is 0.814. The van der Waals surface area contributed by atoms with Crippen molar-refractivity contribution in [2.45, 2.75) is 38.7 Å². The van der Waals surface area contributed by atoms with Crippen molar-refractivity contribution in [1.29, 1.82) is 0 Å². The highest BCUT2D eigenvalue weighted by Crippen LogP contribution is 2.17. The standard InChI is InChI=1S/C11H17ClN2O/c1-2-3-10(15)5-4-8-6-9(12)7-14-11(8)13/h6-7,10,15H,2-5H2,1H3,(H2,13,14). The van der Waals surface area contributed by atoms with Gasteiger partial charge in [-0.3, -0.25) is 0 Å². The number of aryl methyl sites for hydroxylation is 1. The Morgan fingerprint density at radius 3 is 2.93 bits per heavy atom. The summed E-state index contributed by atoms with van der Waals surface area (Å²) in [5, 5.41) is 10.2. The lowest BCUT2D eigenvalue weighted by molar-refractivity contribution is 0.154. The van der Waals surface area contributed by atoms with Gasteiger partial charge in [-0.1, -0.05) is 24.9 Å². The molecule has 0 spiro atoms. The van der Waals surface area contributed by atoms with Crippen LogP contribution >= 0.6 is 11.6 Å². The van der Waals surface area contributed by atoms with Gasteiger partial charge in [-0.25, -0.2) is 4.98 Å². The summed E-state index contributed by atoms with van der Waals surface area (Å²) in [6, 6.07) is 1.81. The average molecular weight is 229 g/mol. The molecule has 0 saturated heterocycles. The van der Waals surface area contributed by atoms with E-state index in [1.165, 1.54) is 6.20 Å². The number of nitrogen functional groups attached to an aromatic ring is 1. The summed E-state index contributed by atoms with van der Waals surface area (Å²) in [7, 11) is 0. The van der Waals surface area contributed by atoms with Crippen molar-refractivity contribution in [3.8, 4) is 0 Å². The van der Waals surface area contributed by atoms with Gasteiger partial charge in [0.15, 0.2) is 0 Å². The van der Waals surface area contributed by atoms with Crippen molar-refractivity contribution >= 4 is 17.4 Å². The molecule has 0 aliphatic carbocycles. The summed E-state index contributed by atoms with van der Waals surface area (Å²) in [5.74, 6) is 0.503. The largest absolute Gasteiger partial charge is 0.393 e. The predicted molar refractivity (Wildman–Crippen MR) is 62.9 cm³/mol. The first-order valence-corrected chi connectivity index (χ1v) is 5.59. The first-order valence-electron chi connectivity index (χ1n) is 5.21. The van der Waals surface area contributed by atoms with Gasteiger partial charge < -0.3 is 10.8 Å². The van der Waals surface area contributed by atoms with Gasteiger partial charge in [-0.2, -0.15) is 0 Å². The van der Waals surface area contributed by atoms with Crippen molar-refractivity contribution in [2.75, 3.05) is 5.73 Å². The minimum Gasteiger partial charge on any atom is -0.393 e. The zero-order valence-corrected chi connectivity index (χ0v) is 9.67. The van der Waals surface area contributed by atoms with Gasteiger partial charge in [0.05, 0.1) is 11.1 Å². The van der Waals surface area contributed by atoms with E-state index < -0.39 is 0 Å². The van der Waals surface area contributed by atoms with Crippen molar-refractivity contribution in [1.82, 2.24) is 4.98 Å². The summed E-state index contributed by atoms with van der Waals surface area (Å²) >= 11 is 5.81. The second kappa shape index (κ2) is 5.93. The minimum atomic E-state index is -0.256. The second-order valence-corrected chi connectivity index (χ2v) is 4.12. The van der Waals surface area contributed by atoms with Crippen LogP contribution in [0.2, 0.25) is 5.02 Å². The average Bonchev–Trinajstić information content (AvgIpc) is 2.20. The number of nitrogens with two attached hydrogens (primary N) is 1. The van der Waals surface area contributed by atoms with E-state index in [4.69, 9.17) is 17.3 Å². The van der Waals surface area contributed by atoms with Crippen LogP contribution in [0.4, 0.5) is 5.82 Å². The number of anilines is 1. The molecule has 1 atom stereocenters. The molecule has 1 aromatic rings. The first kappa shape index (κ1) is 12.3. The van der Waals surface area contributed by atoms with Crippen LogP contribution in [0, 0.1) is 0 Å². The zero-order chi connectivity index (χ0) is 11.3. The SMILES string of the molecule is CCCC(O)CCc1cc(Cl)cnc1N. The van der Waals surface area contributed by atoms with E-state index >= 15 is 0 Å². The normalized spacial score (nSPS) is 12.7. The molecule has 3 N–H and O–H groups in total. The number of aromatic nitrogens is 1. The Labute approximate surface area is 95.3 Å². The molecule has 0 aromatic carbocycles. The number of rotatable bonds is 5. The molecule has 0 bridgehead atoms. The van der Waals surface area contributed by atoms with Gasteiger partial charge in [0.25, 0.3) is 0 Å². The molecule has 0 aliphatic rings. The number of aliphatic hydroxyl groups excluding tert-OH is 1. The maximum absolute atomic E-state index is 9.58. The lowest BCUT2D eigenvalue weighted by Crippen LogP contribution is -2.08. The lowest BCUT2D eigenvalue weighted by atomic mass is 10.0. The zero-order valence-electron chi connectivity index (χ0n) is 8.91. The fourth-order valence-electron chi connectivity index (χ4n) is 1.49. The van der Waals surface area contributed by atoms with E-state index in [2.05, 4.69) is 11.9 Å². The van der Waals surface area contributed by atoms with Crippen LogP contribution in [0.5, 0.6) is 0 Å². The van der Waals surface area contributed by atoms with E-state index in [1.807, 2.05) is 6.07 Å². The third-order valence-corrected chi connectivity index (χ3v) is 2.54. The van der Waals surface area contributed by atoms with E-state index in [0.29, 0.717) is 17.3 Å². The Hall–Kier alpha value is -0.800. The summed E-state index contributed by atoms with van der Waals surface area (Å²) in [6.45, 7) is 2.05. The molecule has 0 saturated carbocycles. The van der Waals surface area contributed by atoms with Crippen molar-refractivity contribution in [2.24, 2.45) is 0 Å². The maximum Gasteiger partial charge on any atom is 0.126 e. The fourth-order valence-corrected chi connectivity index (χ4v) is 1.67. The summed E-state index contributed by atoms with van der Waals surface area (Å²) in [6.07, 6.45) is 4.52. The minimum absolute atomic E-state index is 0.256. The third kappa shape index (κ3) is 4.06. The van der Waals surface area contributed by atoms with Crippen molar-refractivity contribution < 1.29 is 5.11 Å². The van der Waals surface area contributed by atoms with Gasteiger partial charge in [0.1, 0.15) is 5.82 Å². The van der Waals surface area contributed by atoms with E-state index in [9.17, 15) is 5.11 Å². The van der Waals surface area contributed by atoms with E-state index in [1.54, 1.807) is 0 Å². The Morgan fingerprint density at radius 1 is 1.53 bits per heavy atom. The molecular formula is C11H17ClN2O. The van der Waals surface area contributed by atoms with Crippen LogP contribution in [0.15, 0.2) is 12.3 Å². The fraction of sp³-hybridized carbons (Fsp3) is 0.545. The molecule has 1 rings (SSSR count). The van der Waals surface area contributed by atoms with Gasteiger partial charge in [-0.15, -0.1) is 0 Å². The van der Waals surface area contributed by atoms with Gasteiger partial charge in [0.2, 0.25) is 0 Å². The van der Waals surface area contributed by atoms with E-state index in [0.717, 1.165) is 24.8 Å². The predicted octanol–water partition coefficient (Wildman–Crippen LogP) is 2.41. The number of aliphatic hydroxyl groups is 1. The number of nitrogens with zero attached hydrogens (tertiary/aromatic N) is 1. The molecule has 1 heterocycles. The molecule has 3 nitrogen and oxygen atoms in total. The monoisotopic (exact) mass is 228 g/mol. The van der Waals surface area contributed by atoms with Crippen LogP contribution in [0.1, 0.15) is 31.7 Å². The highest BCUT2D eigenvalue weighted by Gasteiger charge is 2.06. The van der Waals surface area contributed by atoms with Crippen molar-refractivity contribution in [3.05, 3.63) is 22.8 Å². The number of hydrogen-bond donors (Lipinski definition) is 2. The Morgan fingerprint density at radius 2 is 2.27 bits per heavy atom. The highest BCUT2D eigenvalue weighted by atomic mass is 35.5. The van der Waals surface area contributed by atoms with Gasteiger partial charge in [0, 0.05) is 6.20 Å². The molecule has 4 heteroatoms. The first-order chi connectivity index (χ1) is 7.13. The van der Waals surface area contributed by atoms with Crippen molar-refractivity contribution in [3.63, 3.8) is 0 Å². The number of hydrogen-bond acceptors (Lipinski definition) is 3. The van der Waals surface area contributed by atoms with Gasteiger partial charge in [-0.05, 0) is 30.9 Å². The van der Waals surface area contributed by atoms with Crippen LogP contribution < -0.4 is 5.73 Å². The highest BCUT2D eigenvalue weighted by molar-refractivity contribution is 6.30.